The van der Waals surface area contributed by atoms with E-state index < -0.39 is 0 Å². The van der Waals surface area contributed by atoms with Gasteiger partial charge in [0.25, 0.3) is 0 Å². The lowest BCUT2D eigenvalue weighted by atomic mass is 9.90. The van der Waals surface area contributed by atoms with Crippen molar-refractivity contribution in [3.8, 4) is 0 Å². The van der Waals surface area contributed by atoms with E-state index in [1.165, 1.54) is 24.0 Å². The van der Waals surface area contributed by atoms with Crippen LogP contribution in [0.2, 0.25) is 5.02 Å². The monoisotopic (exact) mass is 489 g/mol. The molecule has 0 saturated carbocycles. The highest BCUT2D eigenvalue weighted by Crippen LogP contribution is 2.28. The zero-order chi connectivity index (χ0) is 20.9. The minimum absolute atomic E-state index is 0.0656. The van der Waals surface area contributed by atoms with E-state index in [0.29, 0.717) is 12.5 Å². The van der Waals surface area contributed by atoms with Gasteiger partial charge in [-0.1, -0.05) is 57.9 Å². The summed E-state index contributed by atoms with van der Waals surface area (Å²) in [4.78, 5) is 17.0. The maximum atomic E-state index is 12.5. The number of carbonyl (C=O) groups is 1. The molecule has 2 heterocycles. The Morgan fingerprint density at radius 3 is 2.53 bits per heavy atom. The first-order chi connectivity index (χ1) is 14.6. The molecule has 2 fully saturated rings. The second-order valence-electron chi connectivity index (χ2n) is 8.53. The molecule has 30 heavy (non-hydrogen) atoms. The summed E-state index contributed by atoms with van der Waals surface area (Å²) in [6.45, 7) is 4.67. The van der Waals surface area contributed by atoms with E-state index in [4.69, 9.17) is 11.6 Å². The number of likely N-dealkylation sites (tertiary alicyclic amines) is 1. The van der Waals surface area contributed by atoms with Gasteiger partial charge in [-0.15, -0.1) is 0 Å². The van der Waals surface area contributed by atoms with Crippen molar-refractivity contribution < 1.29 is 4.79 Å². The molecule has 6 heteroatoms. The molecule has 2 amide bonds. The second kappa shape index (κ2) is 10.2. The van der Waals surface area contributed by atoms with Gasteiger partial charge < -0.3 is 15.1 Å². The highest BCUT2D eigenvalue weighted by molar-refractivity contribution is 9.10. The van der Waals surface area contributed by atoms with E-state index in [9.17, 15) is 4.79 Å². The summed E-state index contributed by atoms with van der Waals surface area (Å²) in [6, 6.07) is 16.6. The molecule has 0 aromatic heterocycles. The zero-order valence-electron chi connectivity index (χ0n) is 17.2. The van der Waals surface area contributed by atoms with Gasteiger partial charge in [-0.05, 0) is 74.0 Å². The van der Waals surface area contributed by atoms with Crippen molar-refractivity contribution in [3.05, 3.63) is 69.2 Å². The molecule has 2 saturated heterocycles. The summed E-state index contributed by atoms with van der Waals surface area (Å²) in [5.41, 5.74) is 2.48. The maximum Gasteiger partial charge on any atom is 0.317 e. The van der Waals surface area contributed by atoms with Crippen LogP contribution in [0.3, 0.4) is 0 Å². The molecule has 0 aliphatic carbocycles. The summed E-state index contributed by atoms with van der Waals surface area (Å²) in [5, 5.41) is 4.03. The number of halogens is 2. The molecule has 4 rings (SSSR count). The number of carbonyl (C=O) groups excluding carboxylic acids is 1. The molecule has 0 spiro atoms. The molecule has 1 N–H and O–H groups in total. The summed E-state index contributed by atoms with van der Waals surface area (Å²) in [5.74, 6) is 0.693. The van der Waals surface area contributed by atoms with Gasteiger partial charge in [0.15, 0.2) is 0 Å². The fourth-order valence-electron chi connectivity index (χ4n) is 4.54. The number of piperidine rings is 1. The first-order valence-electron chi connectivity index (χ1n) is 10.8. The van der Waals surface area contributed by atoms with Gasteiger partial charge in [-0.2, -0.15) is 0 Å². The van der Waals surface area contributed by atoms with Crippen LogP contribution in [-0.2, 0) is 13.0 Å². The summed E-state index contributed by atoms with van der Waals surface area (Å²) >= 11 is 9.82. The van der Waals surface area contributed by atoms with Gasteiger partial charge in [-0.3, -0.25) is 0 Å². The molecule has 2 aliphatic rings. The second-order valence-corrected chi connectivity index (χ2v) is 9.82. The van der Waals surface area contributed by atoms with E-state index in [0.717, 1.165) is 48.5 Å². The van der Waals surface area contributed by atoms with Crippen molar-refractivity contribution in [2.24, 2.45) is 5.92 Å². The van der Waals surface area contributed by atoms with Gasteiger partial charge in [0, 0.05) is 35.2 Å². The third-order valence-corrected chi connectivity index (χ3v) is 7.29. The van der Waals surface area contributed by atoms with E-state index >= 15 is 0 Å². The van der Waals surface area contributed by atoms with Crippen LogP contribution < -0.4 is 5.32 Å². The fraction of sp³-hybridized carbons (Fsp3) is 0.458. The summed E-state index contributed by atoms with van der Waals surface area (Å²) in [6.07, 6.45) is 4.47. The lowest BCUT2D eigenvalue weighted by Crippen LogP contribution is -2.55. The molecular formula is C24H29BrClN3O. The molecular weight excluding hydrogens is 462 g/mol. The average Bonchev–Trinajstić information content (AvgIpc) is 2.75. The number of hydrogen-bond acceptors (Lipinski definition) is 2. The van der Waals surface area contributed by atoms with Crippen molar-refractivity contribution in [2.75, 3.05) is 26.2 Å². The van der Waals surface area contributed by atoms with Crippen LogP contribution >= 0.6 is 27.5 Å². The quantitative estimate of drug-likeness (QED) is 0.593. The van der Waals surface area contributed by atoms with Gasteiger partial charge >= 0.3 is 6.03 Å². The topological polar surface area (TPSA) is 35.6 Å². The number of benzene rings is 2. The van der Waals surface area contributed by atoms with Gasteiger partial charge in [0.2, 0.25) is 0 Å². The summed E-state index contributed by atoms with van der Waals surface area (Å²) in [7, 11) is 0. The van der Waals surface area contributed by atoms with Crippen molar-refractivity contribution in [2.45, 2.75) is 38.3 Å². The Bertz CT molecular complexity index is 855. The minimum Gasteiger partial charge on any atom is -0.334 e. The number of amides is 2. The molecule has 2 aromatic rings. The van der Waals surface area contributed by atoms with E-state index in [1.807, 2.05) is 35.2 Å². The molecule has 4 nitrogen and oxygen atoms in total. The normalized spacial score (nSPS) is 20.9. The third-order valence-electron chi connectivity index (χ3n) is 6.28. The zero-order valence-corrected chi connectivity index (χ0v) is 19.5. The molecule has 1 unspecified atom stereocenters. The van der Waals surface area contributed by atoms with Crippen LogP contribution in [0, 0.1) is 5.92 Å². The Balaban J connectivity index is 1.21. The van der Waals surface area contributed by atoms with Crippen LogP contribution in [0.1, 0.15) is 30.4 Å². The van der Waals surface area contributed by atoms with E-state index in [1.54, 1.807) is 0 Å². The van der Waals surface area contributed by atoms with Crippen molar-refractivity contribution in [3.63, 3.8) is 0 Å². The lowest BCUT2D eigenvalue weighted by Gasteiger charge is -2.38. The maximum absolute atomic E-state index is 12.5. The summed E-state index contributed by atoms with van der Waals surface area (Å²) < 4.78 is 1.15. The van der Waals surface area contributed by atoms with Crippen LogP contribution in [0.15, 0.2) is 53.0 Å². The van der Waals surface area contributed by atoms with E-state index in [2.05, 4.69) is 44.3 Å². The third kappa shape index (κ3) is 5.77. The standard InChI is InChI=1S/C24H29BrClN3O/c25-23-7-6-21(26)15-20(23)14-18-8-11-28(12-9-18)17-22-10-13-29(24(30)27-22)16-19-4-2-1-3-5-19/h1-7,15,18,22H,8-14,16-17H2,(H,27,30). The van der Waals surface area contributed by atoms with Gasteiger partial charge in [-0.25, -0.2) is 4.79 Å². The number of nitrogens with zero attached hydrogens (tertiary/aromatic N) is 2. The lowest BCUT2D eigenvalue weighted by molar-refractivity contribution is 0.136. The van der Waals surface area contributed by atoms with Crippen molar-refractivity contribution in [1.82, 2.24) is 15.1 Å². The van der Waals surface area contributed by atoms with Crippen molar-refractivity contribution in [1.29, 1.82) is 0 Å². The molecule has 1 atom stereocenters. The van der Waals surface area contributed by atoms with Crippen LogP contribution in [0.4, 0.5) is 4.79 Å². The molecule has 160 valence electrons. The van der Waals surface area contributed by atoms with Crippen molar-refractivity contribution >= 4 is 33.6 Å². The van der Waals surface area contributed by atoms with Gasteiger partial charge in [0.05, 0.1) is 0 Å². The highest BCUT2D eigenvalue weighted by atomic mass is 79.9. The number of urea groups is 1. The molecule has 0 radical (unpaired) electrons. The Labute approximate surface area is 192 Å². The first-order valence-corrected chi connectivity index (χ1v) is 12.0. The minimum atomic E-state index is 0.0656. The average molecular weight is 491 g/mol. The predicted octanol–water partition coefficient (Wildman–Crippen LogP) is 5.34. The number of rotatable bonds is 6. The Morgan fingerprint density at radius 1 is 1.03 bits per heavy atom. The molecule has 2 aliphatic heterocycles. The van der Waals surface area contributed by atoms with Crippen LogP contribution in [0.5, 0.6) is 0 Å². The highest BCUT2D eigenvalue weighted by Gasteiger charge is 2.28. The van der Waals surface area contributed by atoms with Crippen LogP contribution in [0.25, 0.3) is 0 Å². The Hall–Kier alpha value is -1.56. The predicted molar refractivity (Wildman–Crippen MR) is 126 cm³/mol. The molecule has 2 aromatic carbocycles. The van der Waals surface area contributed by atoms with E-state index in [-0.39, 0.29) is 12.1 Å². The van der Waals surface area contributed by atoms with Gasteiger partial charge in [0.1, 0.15) is 0 Å². The Morgan fingerprint density at radius 2 is 1.80 bits per heavy atom. The smallest absolute Gasteiger partial charge is 0.317 e. The molecule has 0 bridgehead atoms. The first kappa shape index (κ1) is 21.7. The van der Waals surface area contributed by atoms with Crippen LogP contribution in [-0.4, -0.2) is 48.1 Å². The number of hydrogen-bond donors (Lipinski definition) is 1. The fourth-order valence-corrected chi connectivity index (χ4v) is 5.14. The number of nitrogens with one attached hydrogen (secondary N) is 1. The SMILES string of the molecule is O=C1NC(CN2CCC(Cc3cc(Cl)ccc3Br)CC2)CCN1Cc1ccccc1. The Kier molecular flexibility index (Phi) is 7.34. The largest absolute Gasteiger partial charge is 0.334 e.